The monoisotopic (exact) mass is 295 g/mol. The minimum atomic E-state index is -0.837. The first-order chi connectivity index (χ1) is 10.1. The molecule has 21 heavy (non-hydrogen) atoms. The first kappa shape index (κ1) is 15.3. The van der Waals surface area contributed by atoms with Gasteiger partial charge in [0.2, 0.25) is 0 Å². The lowest BCUT2D eigenvalue weighted by Gasteiger charge is -2.22. The van der Waals surface area contributed by atoms with Crippen molar-refractivity contribution >= 4 is 12.0 Å². The summed E-state index contributed by atoms with van der Waals surface area (Å²) in [5, 5.41) is 22.3. The highest BCUT2D eigenvalue weighted by atomic mass is 16.4. The van der Waals surface area contributed by atoms with Crippen LogP contribution < -0.4 is 10.6 Å². The van der Waals surface area contributed by atoms with Crippen molar-refractivity contribution in [1.82, 2.24) is 25.4 Å². The van der Waals surface area contributed by atoms with E-state index in [-0.39, 0.29) is 18.6 Å². The summed E-state index contributed by atoms with van der Waals surface area (Å²) in [6, 6.07) is -0.680. The normalized spacial score (nSPS) is 22.3. The molecule has 1 aliphatic rings. The SMILES string of the molecule is Cn1cnnc1CNC(=O)NC1CCCCCC1C(=O)O. The van der Waals surface area contributed by atoms with E-state index in [0.29, 0.717) is 18.7 Å². The highest BCUT2D eigenvalue weighted by Gasteiger charge is 2.30. The molecule has 0 bridgehead atoms. The second kappa shape index (κ2) is 7.05. The fourth-order valence-corrected chi connectivity index (χ4v) is 2.62. The Kier molecular flexibility index (Phi) is 5.13. The summed E-state index contributed by atoms with van der Waals surface area (Å²) < 4.78 is 1.71. The molecular formula is C13H21N5O3. The largest absolute Gasteiger partial charge is 0.481 e. The van der Waals surface area contributed by atoms with Gasteiger partial charge in [-0.15, -0.1) is 10.2 Å². The molecule has 3 N–H and O–H groups in total. The number of aliphatic carboxylic acids is 1. The first-order valence-electron chi connectivity index (χ1n) is 7.18. The summed E-state index contributed by atoms with van der Waals surface area (Å²) in [6.07, 6.45) is 5.73. The van der Waals surface area contributed by atoms with Gasteiger partial charge in [0.15, 0.2) is 5.82 Å². The topological polar surface area (TPSA) is 109 Å². The minimum absolute atomic E-state index is 0.257. The van der Waals surface area contributed by atoms with Gasteiger partial charge >= 0.3 is 12.0 Å². The van der Waals surface area contributed by atoms with E-state index < -0.39 is 11.9 Å². The van der Waals surface area contributed by atoms with E-state index >= 15 is 0 Å². The molecule has 8 nitrogen and oxygen atoms in total. The molecule has 1 heterocycles. The smallest absolute Gasteiger partial charge is 0.315 e. The minimum Gasteiger partial charge on any atom is -0.481 e. The van der Waals surface area contributed by atoms with Gasteiger partial charge < -0.3 is 20.3 Å². The molecular weight excluding hydrogens is 274 g/mol. The van der Waals surface area contributed by atoms with E-state index in [1.807, 2.05) is 0 Å². The third-order valence-corrected chi connectivity index (χ3v) is 3.86. The Hall–Kier alpha value is -2.12. The van der Waals surface area contributed by atoms with E-state index in [0.717, 1.165) is 19.3 Å². The third kappa shape index (κ3) is 4.17. The number of carbonyl (C=O) groups excluding carboxylic acids is 1. The Morgan fingerprint density at radius 1 is 1.38 bits per heavy atom. The number of nitrogens with one attached hydrogen (secondary N) is 2. The van der Waals surface area contributed by atoms with Crippen molar-refractivity contribution in [3.05, 3.63) is 12.2 Å². The van der Waals surface area contributed by atoms with Crippen molar-refractivity contribution in [3.63, 3.8) is 0 Å². The van der Waals surface area contributed by atoms with Crippen molar-refractivity contribution in [3.8, 4) is 0 Å². The van der Waals surface area contributed by atoms with Gasteiger partial charge in [0.1, 0.15) is 6.33 Å². The second-order valence-corrected chi connectivity index (χ2v) is 5.37. The van der Waals surface area contributed by atoms with Crippen molar-refractivity contribution < 1.29 is 14.7 Å². The molecule has 1 aromatic rings. The molecule has 0 aromatic carbocycles. The van der Waals surface area contributed by atoms with Crippen LogP contribution in [0.4, 0.5) is 4.79 Å². The summed E-state index contributed by atoms with van der Waals surface area (Å²) in [6.45, 7) is 0.257. The standard InChI is InChI=1S/C13H21N5O3/c1-18-8-15-17-11(18)7-14-13(21)16-10-6-4-2-3-5-9(10)12(19)20/h8-10H,2-7H2,1H3,(H,19,20)(H2,14,16,21). The van der Waals surface area contributed by atoms with Crippen LogP contribution in [0.15, 0.2) is 6.33 Å². The van der Waals surface area contributed by atoms with E-state index in [1.165, 1.54) is 0 Å². The summed E-state index contributed by atoms with van der Waals surface area (Å²) >= 11 is 0. The number of aryl methyl sites for hydroxylation is 1. The van der Waals surface area contributed by atoms with Gasteiger partial charge in [0.25, 0.3) is 0 Å². The molecule has 2 atom stereocenters. The van der Waals surface area contributed by atoms with Crippen molar-refractivity contribution in [2.45, 2.75) is 44.7 Å². The number of carboxylic acids is 1. The number of hydrogen-bond donors (Lipinski definition) is 3. The zero-order chi connectivity index (χ0) is 15.2. The number of nitrogens with zero attached hydrogens (tertiary/aromatic N) is 3. The number of aromatic nitrogens is 3. The highest BCUT2D eigenvalue weighted by Crippen LogP contribution is 2.23. The number of hydrogen-bond acceptors (Lipinski definition) is 4. The van der Waals surface area contributed by atoms with E-state index in [9.17, 15) is 14.7 Å². The van der Waals surface area contributed by atoms with Crippen LogP contribution in [0.25, 0.3) is 0 Å². The Morgan fingerprint density at radius 3 is 2.81 bits per heavy atom. The maximum atomic E-state index is 11.9. The predicted molar refractivity (Wildman–Crippen MR) is 74.4 cm³/mol. The van der Waals surface area contributed by atoms with Gasteiger partial charge in [-0.3, -0.25) is 4.79 Å². The van der Waals surface area contributed by atoms with E-state index in [1.54, 1.807) is 17.9 Å². The summed E-state index contributed by atoms with van der Waals surface area (Å²) in [5.41, 5.74) is 0. The number of amides is 2. The molecule has 1 aromatic heterocycles. The lowest BCUT2D eigenvalue weighted by Crippen LogP contribution is -2.47. The zero-order valence-corrected chi connectivity index (χ0v) is 12.1. The highest BCUT2D eigenvalue weighted by molar-refractivity contribution is 5.76. The Balaban J connectivity index is 1.87. The molecule has 0 spiro atoms. The van der Waals surface area contributed by atoms with Crippen LogP contribution in [0.1, 0.15) is 37.9 Å². The van der Waals surface area contributed by atoms with Crippen LogP contribution >= 0.6 is 0 Å². The average Bonchev–Trinajstić information content (AvgIpc) is 2.70. The quantitative estimate of drug-likeness (QED) is 0.706. The molecule has 1 saturated carbocycles. The van der Waals surface area contributed by atoms with Gasteiger partial charge in [0, 0.05) is 13.1 Å². The molecule has 1 fully saturated rings. The van der Waals surface area contributed by atoms with Gasteiger partial charge in [-0.25, -0.2) is 4.79 Å². The van der Waals surface area contributed by atoms with Crippen LogP contribution in [-0.2, 0) is 18.4 Å². The van der Waals surface area contributed by atoms with Gasteiger partial charge in [-0.1, -0.05) is 19.3 Å². The number of carboxylic acid groups (broad SMARTS) is 1. The average molecular weight is 295 g/mol. The Morgan fingerprint density at radius 2 is 2.14 bits per heavy atom. The molecule has 1 aliphatic carbocycles. The fraction of sp³-hybridized carbons (Fsp3) is 0.692. The summed E-state index contributed by atoms with van der Waals surface area (Å²) in [7, 11) is 1.79. The van der Waals surface area contributed by atoms with Crippen molar-refractivity contribution in [1.29, 1.82) is 0 Å². The molecule has 2 amide bonds. The van der Waals surface area contributed by atoms with Crippen LogP contribution in [0.3, 0.4) is 0 Å². The van der Waals surface area contributed by atoms with Gasteiger partial charge in [0.05, 0.1) is 12.5 Å². The summed E-state index contributed by atoms with van der Waals surface area (Å²) in [5.74, 6) is -0.704. The van der Waals surface area contributed by atoms with Gasteiger partial charge in [-0.05, 0) is 12.8 Å². The Bertz CT molecular complexity index is 502. The molecule has 116 valence electrons. The third-order valence-electron chi connectivity index (χ3n) is 3.86. The van der Waals surface area contributed by atoms with Crippen LogP contribution in [0, 0.1) is 5.92 Å². The lowest BCUT2D eigenvalue weighted by atomic mass is 9.95. The van der Waals surface area contributed by atoms with Gasteiger partial charge in [-0.2, -0.15) is 0 Å². The maximum absolute atomic E-state index is 11.9. The van der Waals surface area contributed by atoms with Crippen LogP contribution in [0.5, 0.6) is 0 Å². The van der Waals surface area contributed by atoms with E-state index in [4.69, 9.17) is 0 Å². The lowest BCUT2D eigenvalue weighted by molar-refractivity contribution is -0.142. The molecule has 0 aliphatic heterocycles. The van der Waals surface area contributed by atoms with E-state index in [2.05, 4.69) is 20.8 Å². The maximum Gasteiger partial charge on any atom is 0.315 e. The molecule has 0 saturated heterocycles. The molecule has 0 radical (unpaired) electrons. The number of rotatable bonds is 4. The predicted octanol–water partition coefficient (Wildman–Crippen LogP) is 0.648. The van der Waals surface area contributed by atoms with Crippen LogP contribution in [0.2, 0.25) is 0 Å². The number of carbonyl (C=O) groups is 2. The molecule has 2 rings (SSSR count). The van der Waals surface area contributed by atoms with Crippen molar-refractivity contribution in [2.75, 3.05) is 0 Å². The van der Waals surface area contributed by atoms with Crippen molar-refractivity contribution in [2.24, 2.45) is 13.0 Å². The Labute approximate surface area is 122 Å². The molecule has 2 unspecified atom stereocenters. The molecule has 8 heteroatoms. The fourth-order valence-electron chi connectivity index (χ4n) is 2.62. The zero-order valence-electron chi connectivity index (χ0n) is 12.1. The summed E-state index contributed by atoms with van der Waals surface area (Å²) in [4.78, 5) is 23.2. The second-order valence-electron chi connectivity index (χ2n) is 5.37. The number of urea groups is 1. The first-order valence-corrected chi connectivity index (χ1v) is 7.18. The van der Waals surface area contributed by atoms with Crippen LogP contribution in [-0.4, -0.2) is 37.9 Å².